The number of nitrogens with zero attached hydrogens (tertiary/aromatic N) is 3. The standard InChI is InChI=1S/C12H6BrN3O3/c13-9-3-10(16(17)18)5-11(4-9)19-12-2-1-8(6-14)7-15-12/h1-5,7H. The van der Waals surface area contributed by atoms with E-state index >= 15 is 0 Å². The quantitative estimate of drug-likeness (QED) is 0.638. The Morgan fingerprint density at radius 3 is 2.74 bits per heavy atom. The molecule has 0 fully saturated rings. The average Bonchev–Trinajstić information content (AvgIpc) is 2.39. The summed E-state index contributed by atoms with van der Waals surface area (Å²) in [4.78, 5) is 14.1. The minimum atomic E-state index is -0.510. The number of nitro groups is 1. The predicted molar refractivity (Wildman–Crippen MR) is 69.8 cm³/mol. The van der Waals surface area contributed by atoms with Crippen LogP contribution in [0.15, 0.2) is 41.0 Å². The monoisotopic (exact) mass is 319 g/mol. The van der Waals surface area contributed by atoms with Gasteiger partial charge in [0, 0.05) is 22.8 Å². The summed E-state index contributed by atoms with van der Waals surface area (Å²) in [6, 6.07) is 9.27. The molecule has 2 aromatic rings. The molecule has 0 spiro atoms. The van der Waals surface area contributed by atoms with Crippen LogP contribution in [-0.4, -0.2) is 9.91 Å². The number of rotatable bonds is 3. The Kier molecular flexibility index (Phi) is 3.73. The van der Waals surface area contributed by atoms with E-state index in [1.54, 1.807) is 12.1 Å². The van der Waals surface area contributed by atoms with E-state index in [0.29, 0.717) is 15.8 Å². The zero-order chi connectivity index (χ0) is 13.8. The molecule has 0 aliphatic heterocycles. The summed E-state index contributed by atoms with van der Waals surface area (Å²) in [7, 11) is 0. The number of nitro benzene ring substituents is 1. The van der Waals surface area contributed by atoms with Gasteiger partial charge in [0.15, 0.2) is 0 Å². The van der Waals surface area contributed by atoms with E-state index in [4.69, 9.17) is 10.00 Å². The van der Waals surface area contributed by atoms with Crippen LogP contribution >= 0.6 is 15.9 Å². The Morgan fingerprint density at radius 1 is 1.37 bits per heavy atom. The van der Waals surface area contributed by atoms with Crippen molar-refractivity contribution in [2.75, 3.05) is 0 Å². The summed E-state index contributed by atoms with van der Waals surface area (Å²) < 4.78 is 5.93. The lowest BCUT2D eigenvalue weighted by Gasteiger charge is -2.05. The van der Waals surface area contributed by atoms with E-state index in [2.05, 4.69) is 20.9 Å². The zero-order valence-corrected chi connectivity index (χ0v) is 11.0. The van der Waals surface area contributed by atoms with Gasteiger partial charge >= 0.3 is 0 Å². The molecule has 0 saturated heterocycles. The number of benzene rings is 1. The maximum atomic E-state index is 10.7. The topological polar surface area (TPSA) is 89.0 Å². The molecule has 0 saturated carbocycles. The highest BCUT2D eigenvalue weighted by molar-refractivity contribution is 9.10. The highest BCUT2D eigenvalue weighted by atomic mass is 79.9. The normalized spacial score (nSPS) is 9.68. The summed E-state index contributed by atoms with van der Waals surface area (Å²) in [5, 5.41) is 19.4. The number of nitriles is 1. The number of pyridine rings is 1. The van der Waals surface area contributed by atoms with Crippen molar-refractivity contribution in [1.29, 1.82) is 5.26 Å². The van der Waals surface area contributed by atoms with Crippen LogP contribution in [0, 0.1) is 21.4 Å². The molecular weight excluding hydrogens is 314 g/mol. The molecule has 0 aliphatic rings. The number of non-ortho nitro benzene ring substituents is 1. The summed E-state index contributed by atoms with van der Waals surface area (Å²) in [5.41, 5.74) is 0.325. The first-order valence-electron chi connectivity index (χ1n) is 5.07. The fourth-order valence-corrected chi connectivity index (χ4v) is 1.80. The zero-order valence-electron chi connectivity index (χ0n) is 9.41. The van der Waals surface area contributed by atoms with Gasteiger partial charge in [-0.2, -0.15) is 5.26 Å². The molecule has 0 radical (unpaired) electrons. The Balaban J connectivity index is 2.27. The minimum absolute atomic E-state index is 0.0852. The molecular formula is C12H6BrN3O3. The van der Waals surface area contributed by atoms with Crippen LogP contribution in [-0.2, 0) is 0 Å². The lowest BCUT2D eigenvalue weighted by molar-refractivity contribution is -0.385. The summed E-state index contributed by atoms with van der Waals surface area (Å²) in [6.45, 7) is 0. The first-order valence-corrected chi connectivity index (χ1v) is 5.87. The smallest absolute Gasteiger partial charge is 0.274 e. The molecule has 0 N–H and O–H groups in total. The van der Waals surface area contributed by atoms with E-state index in [0.717, 1.165) is 0 Å². The first kappa shape index (κ1) is 13.0. The molecule has 94 valence electrons. The SMILES string of the molecule is N#Cc1ccc(Oc2cc(Br)cc([N+](=O)[O-])c2)nc1. The molecule has 0 aliphatic carbocycles. The van der Waals surface area contributed by atoms with Crippen LogP contribution in [0.5, 0.6) is 11.6 Å². The van der Waals surface area contributed by atoms with Crippen molar-refractivity contribution < 1.29 is 9.66 Å². The first-order chi connectivity index (χ1) is 9.08. The predicted octanol–water partition coefficient (Wildman–Crippen LogP) is 3.42. The van der Waals surface area contributed by atoms with Crippen LogP contribution in [0.2, 0.25) is 0 Å². The lowest BCUT2D eigenvalue weighted by atomic mass is 10.3. The third-order valence-electron chi connectivity index (χ3n) is 2.15. The van der Waals surface area contributed by atoms with Crippen molar-refractivity contribution in [3.05, 3.63) is 56.7 Å². The van der Waals surface area contributed by atoms with Crippen molar-refractivity contribution in [3.63, 3.8) is 0 Å². The third-order valence-corrected chi connectivity index (χ3v) is 2.61. The van der Waals surface area contributed by atoms with Gasteiger partial charge in [0.1, 0.15) is 11.8 Å². The molecule has 2 rings (SSSR count). The van der Waals surface area contributed by atoms with Gasteiger partial charge in [-0.15, -0.1) is 0 Å². The molecule has 1 aromatic heterocycles. The second-order valence-electron chi connectivity index (χ2n) is 3.50. The molecule has 1 aromatic carbocycles. The molecule has 0 atom stereocenters. The molecule has 0 amide bonds. The molecule has 0 unspecified atom stereocenters. The van der Waals surface area contributed by atoms with Gasteiger partial charge in [0.05, 0.1) is 16.6 Å². The van der Waals surface area contributed by atoms with Crippen molar-refractivity contribution in [3.8, 4) is 17.7 Å². The second kappa shape index (κ2) is 5.46. The fourth-order valence-electron chi connectivity index (χ4n) is 1.34. The van der Waals surface area contributed by atoms with Gasteiger partial charge in [-0.1, -0.05) is 15.9 Å². The van der Waals surface area contributed by atoms with E-state index in [-0.39, 0.29) is 11.6 Å². The highest BCUT2D eigenvalue weighted by Gasteiger charge is 2.10. The van der Waals surface area contributed by atoms with Gasteiger partial charge < -0.3 is 4.74 Å². The molecule has 19 heavy (non-hydrogen) atoms. The fraction of sp³-hybridized carbons (Fsp3) is 0. The third kappa shape index (κ3) is 3.26. The maximum absolute atomic E-state index is 10.7. The van der Waals surface area contributed by atoms with Crippen LogP contribution in [0.25, 0.3) is 0 Å². The summed E-state index contributed by atoms with van der Waals surface area (Å²) in [6.07, 6.45) is 1.36. The van der Waals surface area contributed by atoms with Crippen molar-refractivity contribution in [2.45, 2.75) is 0 Å². The average molecular weight is 320 g/mol. The Labute approximate surface area is 116 Å². The Bertz CT molecular complexity index is 665. The number of hydrogen-bond acceptors (Lipinski definition) is 5. The molecule has 1 heterocycles. The van der Waals surface area contributed by atoms with Gasteiger partial charge in [-0.05, 0) is 12.1 Å². The van der Waals surface area contributed by atoms with Gasteiger partial charge in [0.2, 0.25) is 5.88 Å². The Hall–Kier alpha value is -2.46. The van der Waals surface area contributed by atoms with E-state index in [1.165, 1.54) is 24.4 Å². The van der Waals surface area contributed by atoms with Crippen molar-refractivity contribution >= 4 is 21.6 Å². The van der Waals surface area contributed by atoms with Gasteiger partial charge in [-0.25, -0.2) is 4.98 Å². The largest absolute Gasteiger partial charge is 0.439 e. The van der Waals surface area contributed by atoms with Crippen LogP contribution < -0.4 is 4.74 Å². The van der Waals surface area contributed by atoms with E-state index < -0.39 is 4.92 Å². The van der Waals surface area contributed by atoms with Crippen LogP contribution in [0.1, 0.15) is 5.56 Å². The summed E-state index contributed by atoms with van der Waals surface area (Å²) >= 11 is 3.17. The van der Waals surface area contributed by atoms with Crippen LogP contribution in [0.4, 0.5) is 5.69 Å². The van der Waals surface area contributed by atoms with Gasteiger partial charge in [-0.3, -0.25) is 10.1 Å². The maximum Gasteiger partial charge on any atom is 0.274 e. The molecule has 6 nitrogen and oxygen atoms in total. The Morgan fingerprint density at radius 2 is 2.16 bits per heavy atom. The highest BCUT2D eigenvalue weighted by Crippen LogP contribution is 2.28. The lowest BCUT2D eigenvalue weighted by Crippen LogP contribution is -1.92. The number of ether oxygens (including phenoxy) is 1. The molecule has 0 bridgehead atoms. The summed E-state index contributed by atoms with van der Waals surface area (Å²) in [5.74, 6) is 0.546. The number of hydrogen-bond donors (Lipinski definition) is 0. The second-order valence-corrected chi connectivity index (χ2v) is 4.42. The number of halogens is 1. The van der Waals surface area contributed by atoms with Crippen molar-refractivity contribution in [1.82, 2.24) is 4.98 Å². The van der Waals surface area contributed by atoms with E-state index in [9.17, 15) is 10.1 Å². The van der Waals surface area contributed by atoms with E-state index in [1.807, 2.05) is 6.07 Å². The van der Waals surface area contributed by atoms with Crippen LogP contribution in [0.3, 0.4) is 0 Å². The molecule has 7 heteroatoms. The van der Waals surface area contributed by atoms with Crippen molar-refractivity contribution in [2.24, 2.45) is 0 Å². The minimum Gasteiger partial charge on any atom is -0.439 e. The van der Waals surface area contributed by atoms with Gasteiger partial charge in [0.25, 0.3) is 5.69 Å². The number of aromatic nitrogens is 1.